The molecule has 0 bridgehead atoms. The van der Waals surface area contributed by atoms with Crippen molar-refractivity contribution in [3.63, 3.8) is 0 Å². The van der Waals surface area contributed by atoms with Crippen LogP contribution in [0.3, 0.4) is 0 Å². The maximum Gasteiger partial charge on any atom is 0.260 e. The van der Waals surface area contributed by atoms with Crippen LogP contribution in [0.25, 0.3) is 0 Å². The largest absolute Gasteiger partial charge is 0.484 e. The number of hydrogen-bond donors (Lipinski definition) is 2. The van der Waals surface area contributed by atoms with Gasteiger partial charge in [0.15, 0.2) is 6.61 Å². The third kappa shape index (κ3) is 5.97. The van der Waals surface area contributed by atoms with Crippen molar-refractivity contribution < 1.29 is 14.3 Å². The minimum atomic E-state index is -1.17. The van der Waals surface area contributed by atoms with Gasteiger partial charge in [0.05, 0.1) is 0 Å². The zero-order valence-electron chi connectivity index (χ0n) is 16.5. The number of rotatable bonds is 8. The summed E-state index contributed by atoms with van der Waals surface area (Å²) in [7, 11) is 0. The minimum Gasteiger partial charge on any atom is -0.484 e. The number of nitrogens with zero attached hydrogens (tertiary/aromatic N) is 1. The van der Waals surface area contributed by atoms with E-state index < -0.39 is 5.54 Å². The van der Waals surface area contributed by atoms with Crippen LogP contribution < -0.4 is 15.8 Å². The minimum absolute atomic E-state index is 0. The molecule has 1 atom stereocenters. The van der Waals surface area contributed by atoms with Gasteiger partial charge in [0.2, 0.25) is 5.91 Å². The van der Waals surface area contributed by atoms with Gasteiger partial charge < -0.3 is 20.7 Å². The van der Waals surface area contributed by atoms with Crippen molar-refractivity contribution in [2.75, 3.05) is 25.0 Å². The molecular weight excluding hydrogens is 378 g/mol. The first-order chi connectivity index (χ1) is 12.9. The molecular formula is C21H28ClN3O3. The van der Waals surface area contributed by atoms with E-state index in [1.807, 2.05) is 44.2 Å². The van der Waals surface area contributed by atoms with Gasteiger partial charge in [-0.1, -0.05) is 36.4 Å². The second-order valence-corrected chi connectivity index (χ2v) is 6.41. The Balaban J connectivity index is 0.00000392. The van der Waals surface area contributed by atoms with E-state index in [0.717, 1.165) is 5.56 Å². The van der Waals surface area contributed by atoms with Crippen LogP contribution in [0.4, 0.5) is 5.69 Å². The lowest BCUT2D eigenvalue weighted by Crippen LogP contribution is -2.45. The number of hydrogen-bond acceptors (Lipinski definition) is 4. The summed E-state index contributed by atoms with van der Waals surface area (Å²) in [5, 5.41) is 2.81. The molecule has 2 amide bonds. The van der Waals surface area contributed by atoms with E-state index >= 15 is 0 Å². The normalized spacial score (nSPS) is 12.3. The third-order valence-corrected chi connectivity index (χ3v) is 4.42. The Bertz CT molecular complexity index is 777. The Morgan fingerprint density at radius 2 is 1.71 bits per heavy atom. The van der Waals surface area contributed by atoms with Crippen LogP contribution in [0.5, 0.6) is 5.75 Å². The predicted octanol–water partition coefficient (Wildman–Crippen LogP) is 3.17. The van der Waals surface area contributed by atoms with Crippen LogP contribution in [0.15, 0.2) is 54.6 Å². The molecule has 0 aliphatic heterocycles. The van der Waals surface area contributed by atoms with Crippen molar-refractivity contribution in [1.82, 2.24) is 4.90 Å². The van der Waals surface area contributed by atoms with Crippen molar-refractivity contribution in [2.45, 2.75) is 26.3 Å². The third-order valence-electron chi connectivity index (χ3n) is 4.42. The number of nitrogens with two attached hydrogens (primary N) is 1. The average Bonchev–Trinajstić information content (AvgIpc) is 2.68. The van der Waals surface area contributed by atoms with Crippen LogP contribution in [-0.2, 0) is 15.1 Å². The van der Waals surface area contributed by atoms with Crippen molar-refractivity contribution in [3.8, 4) is 5.75 Å². The van der Waals surface area contributed by atoms with E-state index in [9.17, 15) is 9.59 Å². The molecule has 0 aliphatic carbocycles. The molecule has 152 valence electrons. The molecule has 0 heterocycles. The number of nitrogens with one attached hydrogen (secondary N) is 1. The molecule has 0 spiro atoms. The van der Waals surface area contributed by atoms with E-state index in [4.69, 9.17) is 10.5 Å². The summed E-state index contributed by atoms with van der Waals surface area (Å²) >= 11 is 0. The van der Waals surface area contributed by atoms with Crippen LogP contribution in [0, 0.1) is 0 Å². The van der Waals surface area contributed by atoms with E-state index in [-0.39, 0.29) is 30.8 Å². The molecule has 7 heteroatoms. The summed E-state index contributed by atoms with van der Waals surface area (Å²) in [5.74, 6) is 0.102. The van der Waals surface area contributed by atoms with E-state index in [0.29, 0.717) is 24.5 Å². The summed E-state index contributed by atoms with van der Waals surface area (Å²) in [5.41, 5.74) is 6.34. The zero-order valence-corrected chi connectivity index (χ0v) is 17.3. The zero-order chi connectivity index (χ0) is 19.9. The summed E-state index contributed by atoms with van der Waals surface area (Å²) < 4.78 is 5.57. The van der Waals surface area contributed by atoms with Gasteiger partial charge in [0.1, 0.15) is 11.3 Å². The number of likely N-dealkylation sites (N-methyl/N-ethyl adjacent to an activating group) is 1. The van der Waals surface area contributed by atoms with Crippen LogP contribution in [0.2, 0.25) is 0 Å². The van der Waals surface area contributed by atoms with E-state index in [2.05, 4.69) is 5.32 Å². The molecule has 2 aromatic carbocycles. The van der Waals surface area contributed by atoms with Gasteiger partial charge in [-0.25, -0.2) is 0 Å². The second-order valence-electron chi connectivity index (χ2n) is 6.41. The second kappa shape index (κ2) is 10.7. The Morgan fingerprint density at radius 3 is 2.32 bits per heavy atom. The fourth-order valence-electron chi connectivity index (χ4n) is 2.65. The van der Waals surface area contributed by atoms with Crippen molar-refractivity contribution >= 4 is 29.9 Å². The molecule has 0 aromatic heterocycles. The van der Waals surface area contributed by atoms with Gasteiger partial charge >= 0.3 is 0 Å². The van der Waals surface area contributed by atoms with Gasteiger partial charge in [-0.15, -0.1) is 12.4 Å². The smallest absolute Gasteiger partial charge is 0.260 e. The van der Waals surface area contributed by atoms with Crippen LogP contribution >= 0.6 is 12.4 Å². The molecule has 0 radical (unpaired) electrons. The number of benzene rings is 2. The predicted molar refractivity (Wildman–Crippen MR) is 114 cm³/mol. The van der Waals surface area contributed by atoms with Crippen molar-refractivity contribution in [3.05, 3.63) is 60.2 Å². The van der Waals surface area contributed by atoms with Gasteiger partial charge in [-0.3, -0.25) is 9.59 Å². The highest BCUT2D eigenvalue weighted by Crippen LogP contribution is 2.22. The van der Waals surface area contributed by atoms with Crippen LogP contribution in [0.1, 0.15) is 26.3 Å². The molecule has 28 heavy (non-hydrogen) atoms. The van der Waals surface area contributed by atoms with Crippen LogP contribution in [-0.4, -0.2) is 36.4 Å². The number of carbonyl (C=O) groups is 2. The lowest BCUT2D eigenvalue weighted by atomic mass is 9.92. The standard InChI is InChI=1S/C21H27N3O3.ClH/c1-4-24(5-2)19(25)15-27-18-13-9-12-17(14-18)23-20(26)21(3,22)16-10-7-6-8-11-16;/h6-14H,4-5,15,22H2,1-3H3,(H,23,26);1H. The van der Waals surface area contributed by atoms with Gasteiger partial charge in [-0.2, -0.15) is 0 Å². The number of amides is 2. The first kappa shape index (κ1) is 23.5. The molecule has 0 aliphatic rings. The molecule has 2 aromatic rings. The van der Waals surface area contributed by atoms with Crippen molar-refractivity contribution in [1.29, 1.82) is 0 Å². The average molecular weight is 406 g/mol. The summed E-state index contributed by atoms with van der Waals surface area (Å²) in [4.78, 5) is 26.4. The van der Waals surface area contributed by atoms with Crippen molar-refractivity contribution in [2.24, 2.45) is 5.73 Å². The summed E-state index contributed by atoms with van der Waals surface area (Å²) in [6.45, 7) is 6.76. The SMILES string of the molecule is CCN(CC)C(=O)COc1cccc(NC(=O)C(C)(N)c2ccccc2)c1.Cl. The quantitative estimate of drug-likeness (QED) is 0.706. The van der Waals surface area contributed by atoms with Gasteiger partial charge in [0.25, 0.3) is 5.91 Å². The highest BCUT2D eigenvalue weighted by Gasteiger charge is 2.30. The number of halogens is 1. The Kier molecular flexibility index (Phi) is 8.96. The number of carbonyl (C=O) groups excluding carboxylic acids is 2. The topological polar surface area (TPSA) is 84.7 Å². The molecule has 0 saturated heterocycles. The maximum atomic E-state index is 12.6. The number of ether oxygens (including phenoxy) is 1. The maximum absolute atomic E-state index is 12.6. The van der Waals surface area contributed by atoms with E-state index in [1.165, 1.54) is 0 Å². The lowest BCUT2D eigenvalue weighted by molar-refractivity contribution is -0.133. The Hall–Kier alpha value is -2.57. The van der Waals surface area contributed by atoms with Gasteiger partial charge in [0, 0.05) is 24.8 Å². The number of anilines is 1. The fourth-order valence-corrected chi connectivity index (χ4v) is 2.65. The summed E-state index contributed by atoms with van der Waals surface area (Å²) in [6.07, 6.45) is 0. The Morgan fingerprint density at radius 1 is 1.07 bits per heavy atom. The molecule has 0 saturated carbocycles. The Labute approximate surface area is 172 Å². The summed E-state index contributed by atoms with van der Waals surface area (Å²) in [6, 6.07) is 16.1. The molecule has 3 N–H and O–H groups in total. The lowest BCUT2D eigenvalue weighted by Gasteiger charge is -2.24. The fraction of sp³-hybridized carbons (Fsp3) is 0.333. The first-order valence-electron chi connectivity index (χ1n) is 9.05. The molecule has 1 unspecified atom stereocenters. The van der Waals surface area contributed by atoms with Gasteiger partial charge in [-0.05, 0) is 38.5 Å². The molecule has 2 rings (SSSR count). The first-order valence-corrected chi connectivity index (χ1v) is 9.05. The molecule has 6 nitrogen and oxygen atoms in total. The van der Waals surface area contributed by atoms with E-state index in [1.54, 1.807) is 36.1 Å². The highest BCUT2D eigenvalue weighted by atomic mass is 35.5. The molecule has 0 fully saturated rings. The monoisotopic (exact) mass is 405 g/mol. The highest BCUT2D eigenvalue weighted by molar-refractivity contribution is 5.98.